The Balaban J connectivity index is 2.04. The van der Waals surface area contributed by atoms with Crippen molar-refractivity contribution in [3.63, 3.8) is 0 Å². The minimum absolute atomic E-state index is 0.00597. The van der Waals surface area contributed by atoms with Gasteiger partial charge in [-0.15, -0.1) is 0 Å². The molecule has 2 aliphatic rings. The lowest BCUT2D eigenvalue weighted by atomic mass is 9.84. The molecule has 116 valence electrons. The maximum absolute atomic E-state index is 12.6. The molecule has 0 aliphatic heterocycles. The molecule has 20 heavy (non-hydrogen) atoms. The maximum Gasteiger partial charge on any atom is 0.326 e. The smallest absolute Gasteiger partial charge is 0.326 e. The molecule has 2 rings (SSSR count). The Hall–Kier alpha value is -0.610. The van der Waals surface area contributed by atoms with Crippen LogP contribution in [0.3, 0.4) is 0 Å². The molecule has 0 radical (unpaired) electrons. The lowest BCUT2D eigenvalue weighted by molar-refractivity contribution is -0.153. The van der Waals surface area contributed by atoms with Crippen molar-refractivity contribution < 1.29 is 9.53 Å². The third-order valence-electron chi connectivity index (χ3n) is 4.90. The van der Waals surface area contributed by atoms with Gasteiger partial charge in [0.05, 0.1) is 6.61 Å². The van der Waals surface area contributed by atoms with E-state index in [9.17, 15) is 4.79 Å². The first kappa shape index (κ1) is 15.8. The zero-order valence-corrected chi connectivity index (χ0v) is 13.3. The summed E-state index contributed by atoms with van der Waals surface area (Å²) >= 11 is 0. The molecule has 0 aromatic heterocycles. The molecule has 2 fully saturated rings. The number of esters is 1. The van der Waals surface area contributed by atoms with Crippen molar-refractivity contribution in [2.75, 3.05) is 26.7 Å². The van der Waals surface area contributed by atoms with Crippen LogP contribution in [0.1, 0.15) is 52.4 Å². The summed E-state index contributed by atoms with van der Waals surface area (Å²) in [6.45, 7) is 6.69. The molecule has 0 saturated heterocycles. The molecular formula is C16H30N2O2. The normalized spacial score (nSPS) is 29.9. The van der Waals surface area contributed by atoms with Crippen LogP contribution in [0.2, 0.25) is 0 Å². The minimum atomic E-state index is -0.397. The topological polar surface area (TPSA) is 41.6 Å². The number of nitrogens with zero attached hydrogens (tertiary/aromatic N) is 1. The quantitative estimate of drug-likeness (QED) is 0.693. The van der Waals surface area contributed by atoms with E-state index in [1.807, 2.05) is 6.92 Å². The van der Waals surface area contributed by atoms with Crippen molar-refractivity contribution >= 4 is 5.97 Å². The number of rotatable bonds is 8. The summed E-state index contributed by atoms with van der Waals surface area (Å²) in [5.41, 5.74) is -0.397. The zero-order valence-electron chi connectivity index (χ0n) is 13.3. The average Bonchev–Trinajstić information content (AvgIpc) is 3.15. The molecule has 2 atom stereocenters. The van der Waals surface area contributed by atoms with Crippen LogP contribution < -0.4 is 5.32 Å². The van der Waals surface area contributed by atoms with E-state index in [4.69, 9.17) is 4.74 Å². The van der Waals surface area contributed by atoms with E-state index in [1.165, 1.54) is 12.8 Å². The number of hydrogen-bond donors (Lipinski definition) is 1. The molecule has 0 heterocycles. The van der Waals surface area contributed by atoms with Gasteiger partial charge in [0.25, 0.3) is 0 Å². The molecule has 0 amide bonds. The van der Waals surface area contributed by atoms with Gasteiger partial charge in [0.1, 0.15) is 5.54 Å². The van der Waals surface area contributed by atoms with Crippen molar-refractivity contribution in [3.8, 4) is 0 Å². The summed E-state index contributed by atoms with van der Waals surface area (Å²) in [5.74, 6) is 0.421. The van der Waals surface area contributed by atoms with Crippen molar-refractivity contribution in [1.29, 1.82) is 0 Å². The van der Waals surface area contributed by atoms with Gasteiger partial charge in [0.15, 0.2) is 0 Å². The van der Waals surface area contributed by atoms with Gasteiger partial charge in [-0.2, -0.15) is 0 Å². The molecule has 2 saturated carbocycles. The van der Waals surface area contributed by atoms with E-state index in [2.05, 4.69) is 24.2 Å². The third kappa shape index (κ3) is 3.53. The number of ether oxygens (including phenoxy) is 1. The first-order chi connectivity index (χ1) is 9.62. The number of carbonyl (C=O) groups excluding carboxylic acids is 1. The molecule has 1 N–H and O–H groups in total. The second-order valence-corrected chi connectivity index (χ2v) is 6.38. The van der Waals surface area contributed by atoms with Crippen LogP contribution in [0.4, 0.5) is 0 Å². The summed E-state index contributed by atoms with van der Waals surface area (Å²) in [5, 5.41) is 3.65. The van der Waals surface area contributed by atoms with Gasteiger partial charge in [-0.25, -0.2) is 0 Å². The molecule has 0 aromatic carbocycles. The van der Waals surface area contributed by atoms with E-state index in [-0.39, 0.29) is 5.97 Å². The minimum Gasteiger partial charge on any atom is -0.465 e. The van der Waals surface area contributed by atoms with Gasteiger partial charge >= 0.3 is 5.97 Å². The highest BCUT2D eigenvalue weighted by Gasteiger charge is 2.51. The Morgan fingerprint density at radius 3 is 2.70 bits per heavy atom. The van der Waals surface area contributed by atoms with Gasteiger partial charge in [-0.05, 0) is 65.1 Å². The second kappa shape index (κ2) is 6.90. The summed E-state index contributed by atoms with van der Waals surface area (Å²) in [6.07, 6.45) is 6.74. The van der Waals surface area contributed by atoms with E-state index in [1.54, 1.807) is 0 Å². The Labute approximate surface area is 123 Å². The van der Waals surface area contributed by atoms with Crippen LogP contribution in [-0.2, 0) is 9.53 Å². The number of carbonyl (C=O) groups is 1. The lowest BCUT2D eigenvalue weighted by Crippen LogP contribution is -2.56. The maximum atomic E-state index is 12.6. The van der Waals surface area contributed by atoms with E-state index >= 15 is 0 Å². The number of nitrogens with one attached hydrogen (secondary N) is 1. The highest BCUT2D eigenvalue weighted by atomic mass is 16.5. The van der Waals surface area contributed by atoms with Crippen molar-refractivity contribution in [2.24, 2.45) is 5.92 Å². The molecule has 4 heteroatoms. The SMILES string of the molecule is CCOC(=O)C1(NC2CC2)CCCC1CCN(C)CC. The largest absolute Gasteiger partial charge is 0.465 e. The van der Waals surface area contributed by atoms with Crippen LogP contribution in [0.5, 0.6) is 0 Å². The van der Waals surface area contributed by atoms with E-state index in [0.717, 1.165) is 38.8 Å². The molecule has 0 bridgehead atoms. The Morgan fingerprint density at radius 1 is 1.35 bits per heavy atom. The second-order valence-electron chi connectivity index (χ2n) is 6.38. The molecule has 0 spiro atoms. The van der Waals surface area contributed by atoms with Gasteiger partial charge in [0, 0.05) is 6.04 Å². The monoisotopic (exact) mass is 282 g/mol. The van der Waals surface area contributed by atoms with Crippen LogP contribution in [-0.4, -0.2) is 49.2 Å². The predicted octanol–water partition coefficient (Wildman–Crippen LogP) is 2.18. The Kier molecular flexibility index (Phi) is 5.44. The fourth-order valence-corrected chi connectivity index (χ4v) is 3.37. The zero-order chi connectivity index (χ0) is 14.6. The van der Waals surface area contributed by atoms with Gasteiger partial charge in [-0.1, -0.05) is 13.3 Å². The highest BCUT2D eigenvalue weighted by molar-refractivity contribution is 5.82. The fourth-order valence-electron chi connectivity index (χ4n) is 3.37. The summed E-state index contributed by atoms with van der Waals surface area (Å²) in [6, 6.07) is 0.545. The van der Waals surface area contributed by atoms with Gasteiger partial charge in [-0.3, -0.25) is 10.1 Å². The molecular weight excluding hydrogens is 252 g/mol. The van der Waals surface area contributed by atoms with Crippen LogP contribution in [0.15, 0.2) is 0 Å². The van der Waals surface area contributed by atoms with Crippen LogP contribution >= 0.6 is 0 Å². The van der Waals surface area contributed by atoms with Crippen molar-refractivity contribution in [2.45, 2.75) is 64.0 Å². The predicted molar refractivity (Wildman–Crippen MR) is 80.7 cm³/mol. The third-order valence-corrected chi connectivity index (χ3v) is 4.90. The first-order valence-electron chi connectivity index (χ1n) is 8.25. The summed E-state index contributed by atoms with van der Waals surface area (Å²) in [4.78, 5) is 14.9. The lowest BCUT2D eigenvalue weighted by Gasteiger charge is -2.35. The van der Waals surface area contributed by atoms with Gasteiger partial charge < -0.3 is 9.64 Å². The fraction of sp³-hybridized carbons (Fsp3) is 0.938. The number of hydrogen-bond acceptors (Lipinski definition) is 4. The summed E-state index contributed by atoms with van der Waals surface area (Å²) < 4.78 is 5.41. The molecule has 4 nitrogen and oxygen atoms in total. The first-order valence-corrected chi connectivity index (χ1v) is 8.25. The highest BCUT2D eigenvalue weighted by Crippen LogP contribution is 2.41. The van der Waals surface area contributed by atoms with E-state index < -0.39 is 5.54 Å². The van der Waals surface area contributed by atoms with Gasteiger partial charge in [0.2, 0.25) is 0 Å². The van der Waals surface area contributed by atoms with Crippen molar-refractivity contribution in [3.05, 3.63) is 0 Å². The molecule has 2 aliphatic carbocycles. The molecule has 0 aromatic rings. The standard InChI is InChI=1S/C16H30N2O2/c1-4-18(3)12-10-13-7-6-11-16(13,15(19)20-5-2)17-14-8-9-14/h13-14,17H,4-12H2,1-3H3. The van der Waals surface area contributed by atoms with Crippen LogP contribution in [0.25, 0.3) is 0 Å². The molecule has 2 unspecified atom stereocenters. The van der Waals surface area contributed by atoms with E-state index in [0.29, 0.717) is 18.6 Å². The average molecular weight is 282 g/mol. The van der Waals surface area contributed by atoms with Crippen molar-refractivity contribution in [1.82, 2.24) is 10.2 Å². The van der Waals surface area contributed by atoms with Crippen LogP contribution in [0, 0.1) is 5.92 Å². The Bertz CT molecular complexity index is 330. The Morgan fingerprint density at radius 2 is 2.10 bits per heavy atom. The summed E-state index contributed by atoms with van der Waals surface area (Å²) in [7, 11) is 2.15.